The molecule has 1 saturated heterocycles. The molecule has 8 heteroatoms. The van der Waals surface area contributed by atoms with Crippen LogP contribution in [0.2, 0.25) is 0 Å². The summed E-state index contributed by atoms with van der Waals surface area (Å²) in [6.45, 7) is 6.07. The molecule has 152 valence electrons. The average Bonchev–Trinajstić information content (AvgIpc) is 3.30. The number of amides is 1. The number of hydrogen-bond acceptors (Lipinski definition) is 5. The zero-order valence-electron chi connectivity index (χ0n) is 16.6. The van der Waals surface area contributed by atoms with Gasteiger partial charge in [0.05, 0.1) is 11.9 Å². The first-order valence-electron chi connectivity index (χ1n) is 9.87. The molecule has 3 N–H and O–H groups in total. The van der Waals surface area contributed by atoms with E-state index in [1.165, 1.54) is 12.1 Å². The Labute approximate surface area is 168 Å². The average molecular weight is 396 g/mol. The van der Waals surface area contributed by atoms with Gasteiger partial charge in [-0.05, 0) is 63.2 Å². The fourth-order valence-corrected chi connectivity index (χ4v) is 3.68. The summed E-state index contributed by atoms with van der Waals surface area (Å²) >= 11 is 0. The van der Waals surface area contributed by atoms with Gasteiger partial charge in [0.2, 0.25) is 5.91 Å². The molecule has 2 aromatic heterocycles. The molecule has 1 fully saturated rings. The lowest BCUT2D eigenvalue weighted by Crippen LogP contribution is -2.31. The number of rotatable bonds is 6. The van der Waals surface area contributed by atoms with E-state index in [2.05, 4.69) is 51.7 Å². The van der Waals surface area contributed by atoms with Crippen LogP contribution in [0.4, 0.5) is 15.9 Å². The van der Waals surface area contributed by atoms with Crippen LogP contribution in [0.5, 0.6) is 0 Å². The second-order valence-corrected chi connectivity index (χ2v) is 7.78. The molecule has 1 aliphatic heterocycles. The number of carbonyl (C=O) groups is 1. The molecule has 0 aliphatic carbocycles. The van der Waals surface area contributed by atoms with E-state index in [1.807, 2.05) is 0 Å². The molecule has 7 nitrogen and oxygen atoms in total. The molecule has 0 saturated carbocycles. The van der Waals surface area contributed by atoms with Crippen LogP contribution < -0.4 is 10.6 Å². The maximum absolute atomic E-state index is 13.0. The van der Waals surface area contributed by atoms with Gasteiger partial charge in [0.1, 0.15) is 5.82 Å². The summed E-state index contributed by atoms with van der Waals surface area (Å²) in [4.78, 5) is 19.2. The molecule has 0 bridgehead atoms. The Balaban J connectivity index is 1.36. The van der Waals surface area contributed by atoms with Gasteiger partial charge in [-0.15, -0.1) is 0 Å². The van der Waals surface area contributed by atoms with Gasteiger partial charge in [0, 0.05) is 29.9 Å². The molecule has 0 spiro atoms. The number of anilines is 2. The van der Waals surface area contributed by atoms with E-state index in [-0.39, 0.29) is 17.6 Å². The number of benzene rings is 1. The quantitative estimate of drug-likeness (QED) is 0.595. The van der Waals surface area contributed by atoms with Crippen molar-refractivity contribution in [2.45, 2.75) is 32.2 Å². The monoisotopic (exact) mass is 396 g/mol. The molecule has 4 rings (SSSR count). The van der Waals surface area contributed by atoms with E-state index < -0.39 is 0 Å². The number of hydrogen-bond donors (Lipinski definition) is 3. The van der Waals surface area contributed by atoms with Crippen LogP contribution in [0.15, 0.2) is 36.4 Å². The molecular formula is C21H25FN6O. The van der Waals surface area contributed by atoms with Crippen LogP contribution in [0.25, 0.3) is 11.0 Å². The van der Waals surface area contributed by atoms with Crippen LogP contribution in [0, 0.1) is 5.82 Å². The van der Waals surface area contributed by atoms with Gasteiger partial charge in [-0.2, -0.15) is 5.10 Å². The summed E-state index contributed by atoms with van der Waals surface area (Å²) in [7, 11) is 0. The lowest BCUT2D eigenvalue weighted by atomic mass is 10.0. The van der Waals surface area contributed by atoms with Crippen molar-refractivity contribution < 1.29 is 9.18 Å². The van der Waals surface area contributed by atoms with E-state index in [9.17, 15) is 9.18 Å². The van der Waals surface area contributed by atoms with Crippen molar-refractivity contribution in [1.29, 1.82) is 0 Å². The lowest BCUT2D eigenvalue weighted by Gasteiger charge is -2.15. The van der Waals surface area contributed by atoms with Gasteiger partial charge in [-0.1, -0.05) is 0 Å². The molecule has 3 heterocycles. The molecule has 0 radical (unpaired) electrons. The molecule has 1 aliphatic rings. The van der Waals surface area contributed by atoms with E-state index in [0.717, 1.165) is 42.1 Å². The van der Waals surface area contributed by atoms with Crippen molar-refractivity contribution in [3.8, 4) is 0 Å². The topological polar surface area (TPSA) is 85.9 Å². The van der Waals surface area contributed by atoms with Crippen molar-refractivity contribution in [2.24, 2.45) is 0 Å². The number of halogens is 1. The van der Waals surface area contributed by atoms with Crippen LogP contribution in [-0.4, -0.2) is 51.7 Å². The van der Waals surface area contributed by atoms with Crippen molar-refractivity contribution in [2.75, 3.05) is 30.3 Å². The highest BCUT2D eigenvalue weighted by Gasteiger charge is 2.26. The molecular weight excluding hydrogens is 371 g/mol. The van der Waals surface area contributed by atoms with Crippen molar-refractivity contribution in [3.63, 3.8) is 0 Å². The van der Waals surface area contributed by atoms with E-state index in [1.54, 1.807) is 12.1 Å². The third-order valence-corrected chi connectivity index (χ3v) is 5.06. The normalized spacial score (nSPS) is 17.2. The van der Waals surface area contributed by atoms with Crippen molar-refractivity contribution >= 4 is 28.4 Å². The second-order valence-electron chi connectivity index (χ2n) is 7.78. The molecule has 1 aromatic carbocycles. The number of fused-ring (bicyclic) bond motifs is 1. The maximum Gasteiger partial charge on any atom is 0.238 e. The highest BCUT2D eigenvalue weighted by molar-refractivity contribution is 5.92. The van der Waals surface area contributed by atoms with Crippen molar-refractivity contribution in [1.82, 2.24) is 20.1 Å². The lowest BCUT2D eigenvalue weighted by molar-refractivity contribution is -0.117. The fourth-order valence-electron chi connectivity index (χ4n) is 3.68. The number of H-pyrrole nitrogens is 1. The SMILES string of the molecule is CC(C)Nc1n[nH]c2nc([C@H]3CCN(CC(=O)Nc4ccc(F)cc4)C3)ccc12. The minimum absolute atomic E-state index is 0.0985. The fraction of sp³-hybridized carbons (Fsp3) is 0.381. The Bertz CT molecular complexity index is 1000. The Hall–Kier alpha value is -3.00. The number of nitrogens with zero attached hydrogens (tertiary/aromatic N) is 3. The summed E-state index contributed by atoms with van der Waals surface area (Å²) in [6.07, 6.45) is 0.952. The molecule has 3 aromatic rings. The first-order chi connectivity index (χ1) is 14.0. The first kappa shape index (κ1) is 19.3. The third kappa shape index (κ3) is 4.54. The molecule has 1 atom stereocenters. The van der Waals surface area contributed by atoms with E-state index >= 15 is 0 Å². The number of pyridine rings is 1. The third-order valence-electron chi connectivity index (χ3n) is 5.06. The number of likely N-dealkylation sites (tertiary alicyclic amines) is 1. The largest absolute Gasteiger partial charge is 0.366 e. The Morgan fingerprint density at radius 3 is 2.83 bits per heavy atom. The van der Waals surface area contributed by atoms with E-state index in [4.69, 9.17) is 4.98 Å². The summed E-state index contributed by atoms with van der Waals surface area (Å²) in [5.74, 6) is 0.681. The van der Waals surface area contributed by atoms with Crippen LogP contribution in [0.3, 0.4) is 0 Å². The standard InChI is InChI=1S/C21H25FN6O/c1-13(2)23-20-17-7-8-18(25-21(17)27-26-20)14-9-10-28(11-14)12-19(29)24-16-5-3-15(22)4-6-16/h3-8,13-14H,9-12H2,1-2H3,(H,24,29)(H2,23,25,26,27)/t14-/m0/s1. The molecule has 0 unspecified atom stereocenters. The zero-order valence-corrected chi connectivity index (χ0v) is 16.6. The van der Waals surface area contributed by atoms with Crippen LogP contribution in [-0.2, 0) is 4.79 Å². The van der Waals surface area contributed by atoms with Gasteiger partial charge in [0.25, 0.3) is 0 Å². The highest BCUT2D eigenvalue weighted by atomic mass is 19.1. The van der Waals surface area contributed by atoms with Gasteiger partial charge in [-0.25, -0.2) is 9.37 Å². The number of aromatic nitrogens is 3. The first-order valence-corrected chi connectivity index (χ1v) is 9.87. The Morgan fingerprint density at radius 1 is 1.28 bits per heavy atom. The molecule has 1 amide bonds. The van der Waals surface area contributed by atoms with Gasteiger partial charge < -0.3 is 10.6 Å². The second kappa shape index (κ2) is 8.16. The minimum Gasteiger partial charge on any atom is -0.366 e. The van der Waals surface area contributed by atoms with Crippen molar-refractivity contribution in [3.05, 3.63) is 47.9 Å². The summed E-state index contributed by atoms with van der Waals surface area (Å²) in [5, 5.41) is 14.4. The predicted octanol–water partition coefficient (Wildman–Crippen LogP) is 3.35. The van der Waals surface area contributed by atoms with Gasteiger partial charge in [0.15, 0.2) is 11.5 Å². The summed E-state index contributed by atoms with van der Waals surface area (Å²) < 4.78 is 13.0. The number of aromatic amines is 1. The maximum atomic E-state index is 13.0. The Kier molecular flexibility index (Phi) is 5.44. The van der Waals surface area contributed by atoms with Gasteiger partial charge >= 0.3 is 0 Å². The predicted molar refractivity (Wildman–Crippen MR) is 111 cm³/mol. The smallest absolute Gasteiger partial charge is 0.238 e. The van der Waals surface area contributed by atoms with Gasteiger partial charge in [-0.3, -0.25) is 14.8 Å². The summed E-state index contributed by atoms with van der Waals surface area (Å²) in [6, 6.07) is 10.2. The van der Waals surface area contributed by atoms with E-state index in [0.29, 0.717) is 18.3 Å². The zero-order chi connectivity index (χ0) is 20.4. The minimum atomic E-state index is -0.320. The number of carbonyl (C=O) groups excluding carboxylic acids is 1. The van der Waals surface area contributed by atoms with Crippen LogP contribution in [0.1, 0.15) is 31.9 Å². The van der Waals surface area contributed by atoms with Crippen LogP contribution >= 0.6 is 0 Å². The number of nitrogens with one attached hydrogen (secondary N) is 3. The molecule has 29 heavy (non-hydrogen) atoms. The Morgan fingerprint density at radius 2 is 2.07 bits per heavy atom. The summed E-state index contributed by atoms with van der Waals surface area (Å²) in [5.41, 5.74) is 2.39. The highest BCUT2D eigenvalue weighted by Crippen LogP contribution is 2.28.